The molecule has 8 aromatic rings. The van der Waals surface area contributed by atoms with Crippen molar-refractivity contribution in [2.45, 2.75) is 46.8 Å². The van der Waals surface area contributed by atoms with E-state index >= 15 is 0 Å². The van der Waals surface area contributed by atoms with E-state index in [2.05, 4.69) is 228 Å². The predicted octanol–water partition coefficient (Wildman–Crippen LogP) is 14.6. The molecule has 0 aromatic heterocycles. The van der Waals surface area contributed by atoms with E-state index < -0.39 is 25.9 Å². The summed E-state index contributed by atoms with van der Waals surface area (Å²) >= 11 is -5.98. The SMILES string of the molecule is CC(C)c1ccc2c(c1-c1ccccc1)C=C(c1ccccc1)[CH]2[Zr]([Cl])([Cl])([c]1cccc2c1[SiH2]c1ccccc1-2)[CH]1C(c2ccccc2)=Cc2c1ccc(C(C)C)c2-c1ccccc1. The summed E-state index contributed by atoms with van der Waals surface area (Å²) in [6.45, 7) is 9.25. The Kier molecular flexibility index (Phi) is 10.5. The molecule has 0 spiro atoms. The average molecular weight is 962 g/mol. The second-order valence-electron chi connectivity index (χ2n) is 18.7. The summed E-state index contributed by atoms with van der Waals surface area (Å²) in [4.78, 5) is 0. The van der Waals surface area contributed by atoms with E-state index in [-0.39, 0.29) is 7.25 Å². The van der Waals surface area contributed by atoms with Gasteiger partial charge in [0.15, 0.2) is 0 Å². The van der Waals surface area contributed by atoms with E-state index in [0.29, 0.717) is 11.8 Å². The van der Waals surface area contributed by atoms with Gasteiger partial charge in [0.1, 0.15) is 0 Å². The molecule has 2 atom stereocenters. The van der Waals surface area contributed by atoms with Gasteiger partial charge in [-0.3, -0.25) is 0 Å². The Labute approximate surface area is 389 Å². The van der Waals surface area contributed by atoms with E-state index in [9.17, 15) is 17.0 Å². The molecule has 2 unspecified atom stereocenters. The van der Waals surface area contributed by atoms with Crippen molar-refractivity contribution in [2.24, 2.45) is 0 Å². The first kappa shape index (κ1) is 41.6. The minimum absolute atomic E-state index is 0.275. The Balaban J connectivity index is 1.30. The van der Waals surface area contributed by atoms with Gasteiger partial charge >= 0.3 is 393 Å². The van der Waals surface area contributed by atoms with Crippen molar-refractivity contribution in [1.29, 1.82) is 0 Å². The monoisotopic (exact) mass is 959 g/mol. The molecular weight excluding hydrogens is 911 g/mol. The molecule has 0 nitrogen and oxygen atoms in total. The standard InChI is InChI=1S/2C24H21.C12H9Si.2ClH.Zr/c2*1-17(2)22-14-13-20-15-21(18-9-5-3-6-10-18)16-23(20)24(22)19-11-7-4-8-12-19;1-3-7-11-9(5-1)10-6-2-4-8-12(10)13-11;;;/h2*3-17H,1-2H3;1-7H,13H2;2*1H;/q;;;;;+2/p-2. The van der Waals surface area contributed by atoms with E-state index in [1.54, 1.807) is 0 Å². The summed E-state index contributed by atoms with van der Waals surface area (Å²) in [6.07, 6.45) is 4.99. The van der Waals surface area contributed by atoms with E-state index in [1.165, 1.54) is 103 Å². The molecule has 1 aliphatic heterocycles. The third kappa shape index (κ3) is 6.47. The Bertz CT molecular complexity index is 3000. The quantitative estimate of drug-likeness (QED) is 0.126. The van der Waals surface area contributed by atoms with Crippen molar-refractivity contribution in [3.8, 4) is 33.4 Å². The van der Waals surface area contributed by atoms with E-state index in [0.717, 1.165) is 0 Å². The zero-order chi connectivity index (χ0) is 43.8. The maximum absolute atomic E-state index is 9.62. The fourth-order valence-electron chi connectivity index (χ4n) is 11.7. The zero-order valence-corrected chi connectivity index (χ0v) is 42.2. The van der Waals surface area contributed by atoms with E-state index in [1.807, 2.05) is 0 Å². The molecular formula is C60H51Cl2SiZr. The van der Waals surface area contributed by atoms with Gasteiger partial charge in [0.2, 0.25) is 0 Å². The predicted molar refractivity (Wildman–Crippen MR) is 277 cm³/mol. The molecule has 0 saturated carbocycles. The van der Waals surface area contributed by atoms with Crippen molar-refractivity contribution >= 4 is 63.5 Å². The topological polar surface area (TPSA) is 0 Å². The number of fused-ring (bicyclic) bond motifs is 5. The molecule has 0 amide bonds. The van der Waals surface area contributed by atoms with Gasteiger partial charge in [0.05, 0.1) is 0 Å². The Hall–Kier alpha value is -5.08. The molecule has 0 bridgehead atoms. The van der Waals surface area contributed by atoms with Gasteiger partial charge in [-0.25, -0.2) is 0 Å². The summed E-state index contributed by atoms with van der Waals surface area (Å²) in [5, 5.41) is 2.89. The number of benzene rings is 8. The summed E-state index contributed by atoms with van der Waals surface area (Å²) in [5.41, 5.74) is 20.1. The molecule has 3 aliphatic rings. The molecule has 0 saturated heterocycles. The first-order valence-corrected chi connectivity index (χ1v) is 34.7. The zero-order valence-electron chi connectivity index (χ0n) is 36.8. The summed E-state index contributed by atoms with van der Waals surface area (Å²) < 4.78 is 0.680. The maximum atomic E-state index is 9.62. The molecule has 313 valence electrons. The Morgan fingerprint density at radius 1 is 0.422 bits per heavy atom. The van der Waals surface area contributed by atoms with Crippen molar-refractivity contribution in [1.82, 2.24) is 0 Å². The van der Waals surface area contributed by atoms with Crippen LogP contribution < -0.4 is 13.6 Å². The number of halogens is 2. The van der Waals surface area contributed by atoms with Crippen LogP contribution in [0.1, 0.15) is 91.3 Å². The van der Waals surface area contributed by atoms with E-state index in [4.69, 9.17) is 0 Å². The third-order valence-electron chi connectivity index (χ3n) is 14.5. The molecule has 2 aliphatic carbocycles. The number of allylic oxidation sites excluding steroid dienone is 2. The summed E-state index contributed by atoms with van der Waals surface area (Å²) in [7, 11) is 18.3. The van der Waals surface area contributed by atoms with Crippen LogP contribution in [-0.4, -0.2) is 9.52 Å². The molecule has 1 heterocycles. The average Bonchev–Trinajstić information content (AvgIpc) is 4.05. The minimum atomic E-state index is -5.98. The van der Waals surface area contributed by atoms with Gasteiger partial charge in [0.25, 0.3) is 0 Å². The molecule has 0 radical (unpaired) electrons. The van der Waals surface area contributed by atoms with Crippen molar-refractivity contribution in [2.75, 3.05) is 0 Å². The molecule has 8 aromatic carbocycles. The first-order chi connectivity index (χ1) is 31.1. The van der Waals surface area contributed by atoms with Crippen molar-refractivity contribution in [3.63, 3.8) is 0 Å². The van der Waals surface area contributed by atoms with Crippen LogP contribution in [0.3, 0.4) is 0 Å². The fraction of sp³-hybridized carbons (Fsp3) is 0.133. The molecule has 0 N–H and O–H groups in total. The number of hydrogen-bond donors (Lipinski definition) is 0. The third-order valence-corrected chi connectivity index (χ3v) is 37.0. The van der Waals surface area contributed by atoms with Crippen LogP contribution in [0.15, 0.2) is 188 Å². The van der Waals surface area contributed by atoms with Crippen molar-refractivity contribution in [3.05, 3.63) is 233 Å². The van der Waals surface area contributed by atoms with Crippen LogP contribution in [-0.2, 0) is 16.4 Å². The Morgan fingerprint density at radius 2 is 0.828 bits per heavy atom. The second kappa shape index (κ2) is 16.1. The van der Waals surface area contributed by atoms with Crippen LogP contribution in [0.2, 0.25) is 0 Å². The summed E-state index contributed by atoms with van der Waals surface area (Å²) in [6, 6.07) is 69.6. The van der Waals surface area contributed by atoms with Gasteiger partial charge in [-0.2, -0.15) is 0 Å². The number of hydrogen-bond acceptors (Lipinski definition) is 0. The Morgan fingerprint density at radius 3 is 1.28 bits per heavy atom. The van der Waals surface area contributed by atoms with Gasteiger partial charge in [-0.1, -0.05) is 0 Å². The first-order valence-electron chi connectivity index (χ1n) is 22.9. The normalized spacial score (nSPS) is 17.1. The number of rotatable bonds is 9. The van der Waals surface area contributed by atoms with Crippen LogP contribution in [0.25, 0.3) is 56.7 Å². The van der Waals surface area contributed by atoms with Crippen LogP contribution in [0, 0.1) is 0 Å². The van der Waals surface area contributed by atoms with Gasteiger partial charge < -0.3 is 0 Å². The summed E-state index contributed by atoms with van der Waals surface area (Å²) in [5.74, 6) is 0.621. The van der Waals surface area contributed by atoms with Crippen molar-refractivity contribution < 1.29 is 16.4 Å². The molecule has 0 fully saturated rings. The van der Waals surface area contributed by atoms with Crippen LogP contribution >= 0.6 is 17.0 Å². The van der Waals surface area contributed by atoms with Gasteiger partial charge in [-0.05, 0) is 0 Å². The van der Waals surface area contributed by atoms with Gasteiger partial charge in [0, 0.05) is 0 Å². The molecule has 11 rings (SSSR count). The second-order valence-corrected chi connectivity index (χ2v) is 41.2. The fourth-order valence-corrected chi connectivity index (χ4v) is 38.8. The molecule has 4 heteroatoms. The van der Waals surface area contributed by atoms with Gasteiger partial charge in [-0.15, -0.1) is 0 Å². The van der Waals surface area contributed by atoms with Crippen LogP contribution in [0.5, 0.6) is 0 Å². The van der Waals surface area contributed by atoms with Crippen LogP contribution in [0.4, 0.5) is 0 Å². The molecule has 64 heavy (non-hydrogen) atoms.